The Morgan fingerprint density at radius 3 is 2.42 bits per heavy atom. The molecule has 0 radical (unpaired) electrons. The van der Waals surface area contributed by atoms with E-state index in [9.17, 15) is 18.4 Å². The van der Waals surface area contributed by atoms with Crippen LogP contribution in [0.15, 0.2) is 71.3 Å². The van der Waals surface area contributed by atoms with Gasteiger partial charge in [-0.05, 0) is 42.7 Å². The van der Waals surface area contributed by atoms with Crippen molar-refractivity contribution in [2.45, 2.75) is 33.4 Å². The largest absolute Gasteiger partial charge is 0.496 e. The summed E-state index contributed by atoms with van der Waals surface area (Å²) < 4.78 is 40.2. The standard InChI is InChI=1S/C33H34F2N4O4/c1-22-31(32(36-43-22)26-12-7-8-13-30(26)42-3)33(41)38-17-16-37(20-24-10-5-4-6-11-24)14-9-15-39(23(2)40)29-19-28(35)27(34)18-25(29)21-38/h4-8,10-13,18-19H,9,14-17,20-21H2,1-3H3. The van der Waals surface area contributed by atoms with Crippen molar-refractivity contribution in [3.8, 4) is 17.0 Å². The first-order valence-electron chi connectivity index (χ1n) is 14.2. The first-order valence-corrected chi connectivity index (χ1v) is 14.2. The van der Waals surface area contributed by atoms with Crippen molar-refractivity contribution in [1.82, 2.24) is 15.0 Å². The van der Waals surface area contributed by atoms with Gasteiger partial charge in [-0.15, -0.1) is 0 Å². The van der Waals surface area contributed by atoms with Crippen LogP contribution < -0.4 is 9.64 Å². The number of hydrogen-bond acceptors (Lipinski definition) is 6. The van der Waals surface area contributed by atoms with Crippen molar-refractivity contribution in [3.63, 3.8) is 0 Å². The van der Waals surface area contributed by atoms with Crippen LogP contribution in [0.4, 0.5) is 14.5 Å². The lowest BCUT2D eigenvalue weighted by molar-refractivity contribution is -0.116. The van der Waals surface area contributed by atoms with Crippen LogP contribution in [0, 0.1) is 18.6 Å². The molecule has 0 fully saturated rings. The van der Waals surface area contributed by atoms with Crippen LogP contribution in [0.1, 0.15) is 40.6 Å². The summed E-state index contributed by atoms with van der Waals surface area (Å²) in [5.41, 5.74) is 2.84. The van der Waals surface area contributed by atoms with E-state index in [-0.39, 0.29) is 36.2 Å². The quantitative estimate of drug-likeness (QED) is 0.292. The van der Waals surface area contributed by atoms with Gasteiger partial charge in [-0.25, -0.2) is 8.78 Å². The van der Waals surface area contributed by atoms with Gasteiger partial charge in [-0.1, -0.05) is 47.6 Å². The number of hydrogen-bond donors (Lipinski definition) is 0. The highest BCUT2D eigenvalue weighted by atomic mass is 19.2. The number of fused-ring (bicyclic) bond motifs is 1. The fraction of sp³-hybridized carbons (Fsp3) is 0.303. The molecule has 2 amide bonds. The summed E-state index contributed by atoms with van der Waals surface area (Å²) in [4.78, 5) is 32.4. The molecule has 0 aliphatic carbocycles. The lowest BCUT2D eigenvalue weighted by Gasteiger charge is -2.28. The maximum atomic E-state index is 14.6. The molecule has 224 valence electrons. The number of para-hydroxylation sites is 1. The smallest absolute Gasteiger partial charge is 0.260 e. The second-order valence-electron chi connectivity index (χ2n) is 10.6. The van der Waals surface area contributed by atoms with Gasteiger partial charge < -0.3 is 19.1 Å². The summed E-state index contributed by atoms with van der Waals surface area (Å²) >= 11 is 0. The lowest BCUT2D eigenvalue weighted by atomic mass is 10.0. The minimum Gasteiger partial charge on any atom is -0.496 e. The molecular formula is C33H34F2N4O4. The van der Waals surface area contributed by atoms with E-state index in [1.165, 1.54) is 18.9 Å². The van der Waals surface area contributed by atoms with Crippen molar-refractivity contribution >= 4 is 17.5 Å². The third-order valence-corrected chi connectivity index (χ3v) is 7.67. The third kappa shape index (κ3) is 6.59. The third-order valence-electron chi connectivity index (χ3n) is 7.67. The molecule has 10 heteroatoms. The topological polar surface area (TPSA) is 79.1 Å². The van der Waals surface area contributed by atoms with Crippen molar-refractivity contribution in [1.29, 1.82) is 0 Å². The molecule has 1 aromatic heterocycles. The van der Waals surface area contributed by atoms with Crippen LogP contribution in [0.3, 0.4) is 0 Å². The normalized spacial score (nSPS) is 14.6. The van der Waals surface area contributed by atoms with Crippen molar-refractivity contribution < 1.29 is 27.6 Å². The highest BCUT2D eigenvalue weighted by Gasteiger charge is 2.30. The number of halogens is 2. The summed E-state index contributed by atoms with van der Waals surface area (Å²) in [7, 11) is 1.54. The summed E-state index contributed by atoms with van der Waals surface area (Å²) in [6.07, 6.45) is 0.599. The zero-order valence-electron chi connectivity index (χ0n) is 24.5. The fourth-order valence-electron chi connectivity index (χ4n) is 5.49. The van der Waals surface area contributed by atoms with E-state index in [1.54, 1.807) is 24.0 Å². The van der Waals surface area contributed by atoms with Crippen LogP contribution in [0.25, 0.3) is 11.3 Å². The Hall–Kier alpha value is -4.57. The molecular weight excluding hydrogens is 554 g/mol. The number of nitrogens with zero attached hydrogens (tertiary/aromatic N) is 4. The average molecular weight is 589 g/mol. The van der Waals surface area contributed by atoms with Crippen molar-refractivity contribution in [2.75, 3.05) is 38.2 Å². The zero-order valence-corrected chi connectivity index (χ0v) is 24.5. The van der Waals surface area contributed by atoms with E-state index in [0.29, 0.717) is 60.9 Å². The van der Waals surface area contributed by atoms with E-state index in [0.717, 1.165) is 17.7 Å². The molecule has 1 aliphatic rings. The van der Waals surface area contributed by atoms with Crippen LogP contribution in [0.5, 0.6) is 5.75 Å². The second-order valence-corrected chi connectivity index (χ2v) is 10.6. The van der Waals surface area contributed by atoms with Gasteiger partial charge in [0.05, 0.1) is 12.8 Å². The van der Waals surface area contributed by atoms with Gasteiger partial charge in [0.15, 0.2) is 11.6 Å². The zero-order chi connectivity index (χ0) is 30.5. The first kappa shape index (κ1) is 29.9. The second kappa shape index (κ2) is 13.2. The monoisotopic (exact) mass is 588 g/mol. The number of benzene rings is 3. The van der Waals surface area contributed by atoms with Gasteiger partial charge in [0.1, 0.15) is 22.8 Å². The van der Waals surface area contributed by atoms with E-state index < -0.39 is 11.6 Å². The predicted octanol–water partition coefficient (Wildman–Crippen LogP) is 5.84. The molecule has 1 aliphatic heterocycles. The number of aromatic nitrogens is 1. The highest BCUT2D eigenvalue weighted by molar-refractivity contribution is 6.01. The first-order chi connectivity index (χ1) is 20.8. The highest BCUT2D eigenvalue weighted by Crippen LogP contribution is 2.34. The molecule has 0 atom stereocenters. The lowest BCUT2D eigenvalue weighted by Crippen LogP contribution is -2.39. The predicted molar refractivity (Wildman–Crippen MR) is 159 cm³/mol. The number of methoxy groups -OCH3 is 1. The summed E-state index contributed by atoms with van der Waals surface area (Å²) in [5, 5.41) is 4.20. The molecule has 3 aromatic carbocycles. The van der Waals surface area contributed by atoms with Crippen LogP contribution >= 0.6 is 0 Å². The van der Waals surface area contributed by atoms with Crippen LogP contribution in [-0.2, 0) is 17.9 Å². The molecule has 43 heavy (non-hydrogen) atoms. The van der Waals surface area contributed by atoms with E-state index in [2.05, 4.69) is 10.1 Å². The van der Waals surface area contributed by atoms with Crippen molar-refractivity contribution in [2.24, 2.45) is 0 Å². The van der Waals surface area contributed by atoms with E-state index in [1.807, 2.05) is 42.5 Å². The van der Waals surface area contributed by atoms with E-state index in [4.69, 9.17) is 9.26 Å². The molecule has 0 saturated heterocycles. The van der Waals surface area contributed by atoms with Crippen LogP contribution in [0.2, 0.25) is 0 Å². The summed E-state index contributed by atoms with van der Waals surface area (Å²) in [6, 6.07) is 19.3. The maximum absolute atomic E-state index is 14.6. The fourth-order valence-corrected chi connectivity index (χ4v) is 5.49. The number of amides is 2. The van der Waals surface area contributed by atoms with Gasteiger partial charge in [0.25, 0.3) is 5.91 Å². The maximum Gasteiger partial charge on any atom is 0.260 e. The molecule has 8 nitrogen and oxygen atoms in total. The van der Waals surface area contributed by atoms with Gasteiger partial charge in [-0.3, -0.25) is 14.5 Å². The number of carbonyl (C=O) groups is 2. The van der Waals surface area contributed by atoms with Gasteiger partial charge in [-0.2, -0.15) is 0 Å². The van der Waals surface area contributed by atoms with Gasteiger partial charge in [0.2, 0.25) is 5.91 Å². The Labute approximate surface area is 249 Å². The van der Waals surface area contributed by atoms with Crippen LogP contribution in [-0.4, -0.2) is 60.1 Å². The molecule has 0 bridgehead atoms. The van der Waals surface area contributed by atoms with Gasteiger partial charge >= 0.3 is 0 Å². The molecule has 0 N–H and O–H groups in total. The summed E-state index contributed by atoms with van der Waals surface area (Å²) in [5.74, 6) is -1.95. The Balaban J connectivity index is 1.58. The molecule has 2 heterocycles. The number of carbonyl (C=O) groups excluding carboxylic acids is 2. The minimum absolute atomic E-state index is 0.0652. The molecule has 4 aromatic rings. The Kier molecular flexibility index (Phi) is 9.16. The number of anilines is 1. The Morgan fingerprint density at radius 1 is 0.953 bits per heavy atom. The average Bonchev–Trinajstić information content (AvgIpc) is 3.38. The van der Waals surface area contributed by atoms with Gasteiger partial charge in [0, 0.05) is 57.8 Å². The van der Waals surface area contributed by atoms with Crippen molar-refractivity contribution in [3.05, 3.63) is 101 Å². The Morgan fingerprint density at radius 2 is 1.67 bits per heavy atom. The molecule has 5 rings (SSSR count). The Bertz CT molecular complexity index is 1610. The number of ether oxygens (including phenoxy) is 1. The molecule has 0 unspecified atom stereocenters. The summed E-state index contributed by atoms with van der Waals surface area (Å²) in [6.45, 7) is 5.35. The number of aryl methyl sites for hydroxylation is 1. The number of rotatable bonds is 5. The minimum atomic E-state index is -1.06. The van der Waals surface area contributed by atoms with E-state index >= 15 is 0 Å². The molecule has 0 spiro atoms. The SMILES string of the molecule is COc1ccccc1-c1noc(C)c1C(=O)N1CCN(Cc2ccccc2)CCCN(C(C)=O)c2cc(F)c(F)cc2C1. The molecule has 0 saturated carbocycles.